The Balaban J connectivity index is 2.19. The summed E-state index contributed by atoms with van der Waals surface area (Å²) in [6, 6.07) is 6.91. The van der Waals surface area contributed by atoms with Crippen LogP contribution in [0.1, 0.15) is 23.2 Å². The summed E-state index contributed by atoms with van der Waals surface area (Å²) in [5.41, 5.74) is 5.19. The molecule has 8 heteroatoms. The molecule has 0 spiro atoms. The van der Waals surface area contributed by atoms with Gasteiger partial charge >= 0.3 is 0 Å². The van der Waals surface area contributed by atoms with Crippen LogP contribution in [0.3, 0.4) is 0 Å². The van der Waals surface area contributed by atoms with Crippen LogP contribution < -0.4 is 21.1 Å². The summed E-state index contributed by atoms with van der Waals surface area (Å²) >= 11 is 3.29. The van der Waals surface area contributed by atoms with Crippen molar-refractivity contribution in [3.8, 4) is 0 Å². The standard InChI is InChI=1S/C15H21BrN4O3/c1-20(2)10-8-14(22)19-18-13(21)7-9-17-15(23)11-3-5-12(16)6-4-11/h3-6H,7-10H2,1-2H3,(H,17,23)(H,18,21)(H,19,22)/p+1. The first-order valence-corrected chi connectivity index (χ1v) is 8.08. The molecule has 126 valence electrons. The fourth-order valence-electron chi connectivity index (χ4n) is 1.62. The molecule has 0 saturated carbocycles. The Bertz CT molecular complexity index is 546. The molecule has 0 aliphatic heterocycles. The smallest absolute Gasteiger partial charge is 0.251 e. The van der Waals surface area contributed by atoms with Gasteiger partial charge in [-0.3, -0.25) is 25.2 Å². The van der Waals surface area contributed by atoms with Crippen LogP contribution in [0.5, 0.6) is 0 Å². The van der Waals surface area contributed by atoms with Gasteiger partial charge in [0.15, 0.2) is 0 Å². The first-order chi connectivity index (χ1) is 10.9. The largest absolute Gasteiger partial charge is 0.352 e. The summed E-state index contributed by atoms with van der Waals surface area (Å²) in [6.07, 6.45) is 0.421. The van der Waals surface area contributed by atoms with Crippen LogP contribution in [0.25, 0.3) is 0 Å². The topological polar surface area (TPSA) is 91.7 Å². The molecule has 0 atom stereocenters. The highest BCUT2D eigenvalue weighted by molar-refractivity contribution is 9.10. The molecule has 0 saturated heterocycles. The summed E-state index contributed by atoms with van der Waals surface area (Å²) in [5.74, 6) is -0.839. The highest BCUT2D eigenvalue weighted by Gasteiger charge is 2.08. The number of carbonyl (C=O) groups excluding carboxylic acids is 3. The normalized spacial score (nSPS) is 10.3. The molecule has 1 aromatic carbocycles. The van der Waals surface area contributed by atoms with Crippen molar-refractivity contribution in [3.63, 3.8) is 0 Å². The summed E-state index contributed by atoms with van der Waals surface area (Å²) in [7, 11) is 3.89. The van der Waals surface area contributed by atoms with Gasteiger partial charge in [-0.15, -0.1) is 0 Å². The number of nitrogens with one attached hydrogen (secondary N) is 4. The van der Waals surface area contributed by atoms with E-state index in [2.05, 4.69) is 32.1 Å². The SMILES string of the molecule is C[NH+](C)CCC(=O)NNC(=O)CCNC(=O)c1ccc(Br)cc1. The molecule has 0 aliphatic rings. The van der Waals surface area contributed by atoms with E-state index in [4.69, 9.17) is 0 Å². The van der Waals surface area contributed by atoms with Crippen LogP contribution in [-0.4, -0.2) is 44.9 Å². The highest BCUT2D eigenvalue weighted by atomic mass is 79.9. The number of carbonyl (C=O) groups is 3. The maximum atomic E-state index is 11.8. The molecule has 1 rings (SSSR count). The first kappa shape index (κ1) is 19.1. The van der Waals surface area contributed by atoms with Crippen LogP contribution in [0, 0.1) is 0 Å². The second-order valence-electron chi connectivity index (χ2n) is 5.32. The number of amides is 3. The highest BCUT2D eigenvalue weighted by Crippen LogP contribution is 2.10. The third-order valence-electron chi connectivity index (χ3n) is 2.94. The molecule has 1 aromatic rings. The molecule has 4 N–H and O–H groups in total. The van der Waals surface area contributed by atoms with Crippen molar-refractivity contribution in [1.82, 2.24) is 16.2 Å². The van der Waals surface area contributed by atoms with E-state index >= 15 is 0 Å². The third-order valence-corrected chi connectivity index (χ3v) is 3.47. The molecule has 3 amide bonds. The zero-order chi connectivity index (χ0) is 17.2. The minimum Gasteiger partial charge on any atom is -0.352 e. The number of hydrogen-bond donors (Lipinski definition) is 4. The molecule has 7 nitrogen and oxygen atoms in total. The van der Waals surface area contributed by atoms with E-state index in [-0.39, 0.29) is 30.7 Å². The molecule has 0 fully saturated rings. The van der Waals surface area contributed by atoms with E-state index in [9.17, 15) is 14.4 Å². The van der Waals surface area contributed by atoms with E-state index < -0.39 is 0 Å². The Morgan fingerprint density at radius 1 is 1.00 bits per heavy atom. The average molecular weight is 386 g/mol. The van der Waals surface area contributed by atoms with Crippen molar-refractivity contribution in [2.45, 2.75) is 12.8 Å². The van der Waals surface area contributed by atoms with E-state index in [1.165, 1.54) is 0 Å². The average Bonchev–Trinajstić information content (AvgIpc) is 2.51. The quantitative estimate of drug-likeness (QED) is 0.465. The molecule has 0 aliphatic carbocycles. The fourth-order valence-corrected chi connectivity index (χ4v) is 1.89. The van der Waals surface area contributed by atoms with Gasteiger partial charge in [0.1, 0.15) is 0 Å². The maximum Gasteiger partial charge on any atom is 0.251 e. The first-order valence-electron chi connectivity index (χ1n) is 7.29. The lowest BCUT2D eigenvalue weighted by Crippen LogP contribution is -3.05. The number of halogens is 1. The minimum atomic E-state index is -0.355. The summed E-state index contributed by atoms with van der Waals surface area (Å²) in [6.45, 7) is 0.878. The van der Waals surface area contributed by atoms with Crippen molar-refractivity contribution in [3.05, 3.63) is 34.3 Å². The minimum absolute atomic E-state index is 0.0848. The second-order valence-corrected chi connectivity index (χ2v) is 6.23. The Hall–Kier alpha value is -1.93. The van der Waals surface area contributed by atoms with E-state index in [1.807, 2.05) is 14.1 Å². The van der Waals surface area contributed by atoms with Crippen molar-refractivity contribution in [2.24, 2.45) is 0 Å². The van der Waals surface area contributed by atoms with Gasteiger partial charge in [0, 0.05) is 23.0 Å². The van der Waals surface area contributed by atoms with Gasteiger partial charge in [-0.1, -0.05) is 15.9 Å². The van der Waals surface area contributed by atoms with Crippen LogP contribution in [0.4, 0.5) is 0 Å². The Labute approximate surface area is 143 Å². The Kier molecular flexibility index (Phi) is 8.28. The molecule has 0 unspecified atom stereocenters. The van der Waals surface area contributed by atoms with Gasteiger partial charge < -0.3 is 10.2 Å². The molecule has 23 heavy (non-hydrogen) atoms. The maximum absolute atomic E-state index is 11.8. The predicted octanol–water partition coefficient (Wildman–Crippen LogP) is -0.749. The zero-order valence-electron chi connectivity index (χ0n) is 13.2. The molecular formula is C15H22BrN4O3+. The van der Waals surface area contributed by atoms with Gasteiger partial charge in [0.05, 0.1) is 27.1 Å². The number of hydrazine groups is 1. The van der Waals surface area contributed by atoms with Crippen LogP contribution >= 0.6 is 15.9 Å². The Morgan fingerprint density at radius 3 is 2.13 bits per heavy atom. The molecule has 0 radical (unpaired) electrons. The molecular weight excluding hydrogens is 364 g/mol. The molecule has 0 aromatic heterocycles. The zero-order valence-corrected chi connectivity index (χ0v) is 14.8. The van der Waals surface area contributed by atoms with Crippen LogP contribution in [-0.2, 0) is 9.59 Å². The van der Waals surface area contributed by atoms with E-state index in [0.29, 0.717) is 18.5 Å². The van der Waals surface area contributed by atoms with Gasteiger partial charge in [-0.2, -0.15) is 0 Å². The fraction of sp³-hybridized carbons (Fsp3) is 0.400. The van der Waals surface area contributed by atoms with Crippen LogP contribution in [0.2, 0.25) is 0 Å². The summed E-state index contributed by atoms with van der Waals surface area (Å²) in [5, 5.41) is 2.65. The van der Waals surface area contributed by atoms with Gasteiger partial charge in [0.2, 0.25) is 11.8 Å². The lowest BCUT2D eigenvalue weighted by Gasteiger charge is -2.09. The number of hydrogen-bond acceptors (Lipinski definition) is 3. The summed E-state index contributed by atoms with van der Waals surface area (Å²) in [4.78, 5) is 36.0. The predicted molar refractivity (Wildman–Crippen MR) is 89.7 cm³/mol. The van der Waals surface area contributed by atoms with Crippen molar-refractivity contribution in [1.29, 1.82) is 0 Å². The number of quaternary nitrogens is 1. The summed E-state index contributed by atoms with van der Waals surface area (Å²) < 4.78 is 0.889. The van der Waals surface area contributed by atoms with Gasteiger partial charge in [-0.25, -0.2) is 0 Å². The monoisotopic (exact) mass is 385 g/mol. The van der Waals surface area contributed by atoms with Crippen molar-refractivity contribution in [2.75, 3.05) is 27.2 Å². The van der Waals surface area contributed by atoms with E-state index in [0.717, 1.165) is 9.37 Å². The molecule has 0 bridgehead atoms. The third kappa shape index (κ3) is 8.32. The number of rotatable bonds is 7. The van der Waals surface area contributed by atoms with E-state index in [1.54, 1.807) is 24.3 Å². The molecule has 0 heterocycles. The lowest BCUT2D eigenvalue weighted by molar-refractivity contribution is -0.857. The van der Waals surface area contributed by atoms with Gasteiger partial charge in [-0.05, 0) is 24.3 Å². The Morgan fingerprint density at radius 2 is 1.57 bits per heavy atom. The lowest BCUT2D eigenvalue weighted by atomic mass is 10.2. The van der Waals surface area contributed by atoms with Crippen LogP contribution in [0.15, 0.2) is 28.7 Å². The van der Waals surface area contributed by atoms with Crippen molar-refractivity contribution >= 4 is 33.7 Å². The van der Waals surface area contributed by atoms with Crippen molar-refractivity contribution < 1.29 is 19.3 Å². The van der Waals surface area contributed by atoms with Gasteiger partial charge in [0.25, 0.3) is 5.91 Å². The second kappa shape index (κ2) is 9.96. The number of benzene rings is 1.